The Morgan fingerprint density at radius 1 is 1.38 bits per heavy atom. The van der Waals surface area contributed by atoms with Gasteiger partial charge in [-0.2, -0.15) is 0 Å². The molecule has 0 spiro atoms. The Bertz CT molecular complexity index is 670. The second kappa shape index (κ2) is 5.52. The van der Waals surface area contributed by atoms with Crippen molar-refractivity contribution in [3.05, 3.63) is 40.7 Å². The average Bonchev–Trinajstić information content (AvgIpc) is 3.11. The van der Waals surface area contributed by atoms with Crippen LogP contribution in [0.1, 0.15) is 42.7 Å². The van der Waals surface area contributed by atoms with Gasteiger partial charge in [0.15, 0.2) is 0 Å². The molecule has 1 fully saturated rings. The molecular weight excluding hydrogens is 289 g/mol. The normalized spacial score (nSPS) is 20.6. The van der Waals surface area contributed by atoms with Crippen LogP contribution in [0.4, 0.5) is 9.52 Å². The lowest BCUT2D eigenvalue weighted by molar-refractivity contribution is -0.117. The highest BCUT2D eigenvalue weighted by molar-refractivity contribution is 7.15. The first kappa shape index (κ1) is 14.1. The second-order valence-corrected chi connectivity index (χ2v) is 6.57. The van der Waals surface area contributed by atoms with E-state index in [2.05, 4.69) is 15.5 Å². The van der Waals surface area contributed by atoms with Crippen molar-refractivity contribution in [2.45, 2.75) is 32.1 Å². The van der Waals surface area contributed by atoms with Gasteiger partial charge in [-0.3, -0.25) is 4.79 Å². The summed E-state index contributed by atoms with van der Waals surface area (Å²) in [6, 6.07) is 6.63. The number of rotatable bonds is 4. The van der Waals surface area contributed by atoms with Crippen LogP contribution in [-0.4, -0.2) is 16.1 Å². The van der Waals surface area contributed by atoms with E-state index in [-0.39, 0.29) is 23.6 Å². The van der Waals surface area contributed by atoms with Gasteiger partial charge in [-0.1, -0.05) is 43.4 Å². The maximum absolute atomic E-state index is 13.7. The van der Waals surface area contributed by atoms with E-state index in [0.717, 1.165) is 5.01 Å². The molecule has 1 heterocycles. The predicted octanol–water partition coefficient (Wildman–Crippen LogP) is 3.54. The zero-order valence-corrected chi connectivity index (χ0v) is 12.7. The Morgan fingerprint density at radius 2 is 2.14 bits per heavy atom. The summed E-state index contributed by atoms with van der Waals surface area (Å²) >= 11 is 1.39. The fourth-order valence-corrected chi connectivity index (χ4v) is 3.07. The van der Waals surface area contributed by atoms with E-state index in [9.17, 15) is 9.18 Å². The van der Waals surface area contributed by atoms with Crippen LogP contribution in [0.3, 0.4) is 0 Å². The average molecular weight is 305 g/mol. The minimum absolute atomic E-state index is 0.0244. The molecule has 4 nitrogen and oxygen atoms in total. The molecule has 1 aliphatic carbocycles. The number of nitrogens with zero attached hydrogens (tertiary/aromatic N) is 2. The number of halogens is 1. The molecule has 1 aromatic carbocycles. The van der Waals surface area contributed by atoms with E-state index in [1.807, 2.05) is 13.8 Å². The number of anilines is 1. The molecule has 2 aromatic rings. The molecule has 1 saturated carbocycles. The van der Waals surface area contributed by atoms with Crippen LogP contribution < -0.4 is 5.32 Å². The van der Waals surface area contributed by atoms with Crippen molar-refractivity contribution in [1.82, 2.24) is 10.2 Å². The molecule has 2 atom stereocenters. The Morgan fingerprint density at radius 3 is 2.81 bits per heavy atom. The SMILES string of the molecule is CC(C)c1nnc(NC(=O)C2CC2c2ccccc2F)s1. The zero-order chi connectivity index (χ0) is 15.0. The molecule has 1 aromatic heterocycles. The van der Waals surface area contributed by atoms with Crippen molar-refractivity contribution in [2.24, 2.45) is 5.92 Å². The molecule has 110 valence electrons. The highest BCUT2D eigenvalue weighted by atomic mass is 32.1. The third-order valence-corrected chi connectivity index (χ3v) is 4.74. The van der Waals surface area contributed by atoms with Crippen molar-refractivity contribution < 1.29 is 9.18 Å². The first-order valence-electron chi connectivity index (χ1n) is 6.95. The summed E-state index contributed by atoms with van der Waals surface area (Å²) in [5.74, 6) is -0.247. The highest BCUT2D eigenvalue weighted by Gasteiger charge is 2.45. The van der Waals surface area contributed by atoms with E-state index >= 15 is 0 Å². The van der Waals surface area contributed by atoms with Crippen LogP contribution in [-0.2, 0) is 4.79 Å². The van der Waals surface area contributed by atoms with Crippen LogP contribution in [0.5, 0.6) is 0 Å². The number of amides is 1. The smallest absolute Gasteiger partial charge is 0.229 e. The largest absolute Gasteiger partial charge is 0.300 e. The molecule has 0 bridgehead atoms. The standard InChI is InChI=1S/C15H16FN3OS/c1-8(2)14-18-19-15(21-14)17-13(20)11-7-10(11)9-5-3-4-6-12(9)16/h3-6,8,10-11H,7H2,1-2H3,(H,17,19,20). The summed E-state index contributed by atoms with van der Waals surface area (Å²) in [7, 11) is 0. The molecule has 0 radical (unpaired) electrons. The van der Waals surface area contributed by atoms with Gasteiger partial charge < -0.3 is 5.32 Å². The van der Waals surface area contributed by atoms with Crippen LogP contribution in [0.2, 0.25) is 0 Å². The van der Waals surface area contributed by atoms with Crippen molar-refractivity contribution in [2.75, 3.05) is 5.32 Å². The maximum Gasteiger partial charge on any atom is 0.229 e. The number of hydrogen-bond acceptors (Lipinski definition) is 4. The number of hydrogen-bond donors (Lipinski definition) is 1. The summed E-state index contributed by atoms with van der Waals surface area (Å²) in [5, 5.41) is 12.2. The van der Waals surface area contributed by atoms with Gasteiger partial charge in [0.2, 0.25) is 11.0 Å². The quantitative estimate of drug-likeness (QED) is 0.940. The van der Waals surface area contributed by atoms with E-state index in [1.165, 1.54) is 17.4 Å². The lowest BCUT2D eigenvalue weighted by atomic mass is 10.1. The number of aromatic nitrogens is 2. The summed E-state index contributed by atoms with van der Waals surface area (Å²) in [6.45, 7) is 4.06. The molecule has 0 saturated heterocycles. The number of carbonyl (C=O) groups is 1. The van der Waals surface area contributed by atoms with Gasteiger partial charge in [0, 0.05) is 11.8 Å². The molecule has 1 aliphatic rings. The Kier molecular flexibility index (Phi) is 3.71. The Hall–Kier alpha value is -1.82. The molecule has 2 unspecified atom stereocenters. The van der Waals surface area contributed by atoms with Crippen LogP contribution in [0.15, 0.2) is 24.3 Å². The minimum Gasteiger partial charge on any atom is -0.300 e. The molecule has 6 heteroatoms. The molecule has 3 rings (SSSR count). The van der Waals surface area contributed by atoms with Crippen molar-refractivity contribution in [3.8, 4) is 0 Å². The van der Waals surface area contributed by atoms with Gasteiger partial charge in [-0.05, 0) is 24.0 Å². The number of nitrogens with one attached hydrogen (secondary N) is 1. The highest BCUT2D eigenvalue weighted by Crippen LogP contribution is 2.48. The first-order chi connectivity index (χ1) is 10.1. The third-order valence-electron chi connectivity index (χ3n) is 3.60. The molecule has 21 heavy (non-hydrogen) atoms. The molecule has 0 aliphatic heterocycles. The topological polar surface area (TPSA) is 54.9 Å². The fraction of sp³-hybridized carbons (Fsp3) is 0.400. The van der Waals surface area contributed by atoms with Crippen molar-refractivity contribution in [3.63, 3.8) is 0 Å². The van der Waals surface area contributed by atoms with Gasteiger partial charge in [0.05, 0.1) is 0 Å². The van der Waals surface area contributed by atoms with Gasteiger partial charge in [0.25, 0.3) is 0 Å². The van der Waals surface area contributed by atoms with E-state index in [0.29, 0.717) is 23.0 Å². The predicted molar refractivity (Wildman–Crippen MR) is 79.9 cm³/mol. The second-order valence-electron chi connectivity index (χ2n) is 5.56. The van der Waals surface area contributed by atoms with Crippen LogP contribution in [0.25, 0.3) is 0 Å². The Balaban J connectivity index is 1.64. The summed E-state index contributed by atoms with van der Waals surface area (Å²) in [5.41, 5.74) is 0.623. The number of carbonyl (C=O) groups excluding carboxylic acids is 1. The van der Waals surface area contributed by atoms with Crippen molar-refractivity contribution >= 4 is 22.4 Å². The molecule has 1 N–H and O–H groups in total. The monoisotopic (exact) mass is 305 g/mol. The first-order valence-corrected chi connectivity index (χ1v) is 7.76. The van der Waals surface area contributed by atoms with Gasteiger partial charge in [0.1, 0.15) is 10.8 Å². The van der Waals surface area contributed by atoms with E-state index in [1.54, 1.807) is 18.2 Å². The fourth-order valence-electron chi connectivity index (χ4n) is 2.32. The van der Waals surface area contributed by atoms with Gasteiger partial charge in [-0.15, -0.1) is 10.2 Å². The lowest BCUT2D eigenvalue weighted by Gasteiger charge is -2.02. The van der Waals surface area contributed by atoms with Gasteiger partial charge in [-0.25, -0.2) is 4.39 Å². The summed E-state index contributed by atoms with van der Waals surface area (Å²) < 4.78 is 13.7. The molecule has 1 amide bonds. The van der Waals surface area contributed by atoms with Crippen LogP contribution in [0, 0.1) is 11.7 Å². The minimum atomic E-state index is -0.240. The third kappa shape index (κ3) is 2.95. The lowest BCUT2D eigenvalue weighted by Crippen LogP contribution is -2.14. The molecular formula is C15H16FN3OS. The maximum atomic E-state index is 13.7. The Labute approximate surface area is 126 Å². The number of benzene rings is 1. The summed E-state index contributed by atoms with van der Waals surface area (Å²) in [4.78, 5) is 12.2. The van der Waals surface area contributed by atoms with E-state index in [4.69, 9.17) is 0 Å². The van der Waals surface area contributed by atoms with Gasteiger partial charge >= 0.3 is 0 Å². The van der Waals surface area contributed by atoms with E-state index < -0.39 is 0 Å². The van der Waals surface area contributed by atoms with Crippen LogP contribution >= 0.6 is 11.3 Å². The summed E-state index contributed by atoms with van der Waals surface area (Å²) in [6.07, 6.45) is 0.683. The van der Waals surface area contributed by atoms with Crippen molar-refractivity contribution in [1.29, 1.82) is 0 Å². The zero-order valence-electron chi connectivity index (χ0n) is 11.8.